The van der Waals surface area contributed by atoms with E-state index in [1.54, 1.807) is 0 Å². The number of anilines is 2. The van der Waals surface area contributed by atoms with Crippen molar-refractivity contribution >= 4 is 23.3 Å². The highest BCUT2D eigenvalue weighted by atomic mass is 32.2. The van der Waals surface area contributed by atoms with Crippen LogP contribution in [0.25, 0.3) is 0 Å². The van der Waals surface area contributed by atoms with Crippen LogP contribution in [0, 0.1) is 11.3 Å². The van der Waals surface area contributed by atoms with Crippen molar-refractivity contribution in [1.82, 2.24) is 4.98 Å². The average molecular weight is 222 g/mol. The standard InChI is InChI=1S/C10H14N4S/c1-2-3-4-15-10-7(6-11)8(12)5-9(13)14-10/h5H,2-4H2,1H3,(H4,12,13,14). The average Bonchev–Trinajstić information content (AvgIpc) is 2.17. The smallest absolute Gasteiger partial charge is 0.126 e. The summed E-state index contributed by atoms with van der Waals surface area (Å²) in [6.45, 7) is 2.12. The Morgan fingerprint density at radius 2 is 2.27 bits per heavy atom. The van der Waals surface area contributed by atoms with Gasteiger partial charge in [-0.05, 0) is 12.2 Å². The van der Waals surface area contributed by atoms with Gasteiger partial charge in [0, 0.05) is 6.07 Å². The number of nitrogens with two attached hydrogens (primary N) is 2. The highest BCUT2D eigenvalue weighted by Gasteiger charge is 2.09. The van der Waals surface area contributed by atoms with Crippen molar-refractivity contribution < 1.29 is 0 Å². The Hall–Kier alpha value is -1.41. The number of nitrogen functional groups attached to an aromatic ring is 2. The zero-order chi connectivity index (χ0) is 11.3. The predicted octanol–water partition coefficient (Wildman–Crippen LogP) is 2.01. The van der Waals surface area contributed by atoms with Gasteiger partial charge >= 0.3 is 0 Å². The molecule has 0 unspecified atom stereocenters. The van der Waals surface area contributed by atoms with Crippen LogP contribution >= 0.6 is 11.8 Å². The molecule has 0 amide bonds. The lowest BCUT2D eigenvalue weighted by atomic mass is 10.2. The molecule has 0 saturated carbocycles. The van der Waals surface area contributed by atoms with Crippen LogP contribution in [0.15, 0.2) is 11.1 Å². The second-order valence-corrected chi connectivity index (χ2v) is 4.21. The Morgan fingerprint density at radius 3 is 2.87 bits per heavy atom. The first kappa shape index (κ1) is 11.7. The summed E-state index contributed by atoms with van der Waals surface area (Å²) in [5, 5.41) is 9.56. The first-order valence-corrected chi connectivity index (χ1v) is 5.76. The van der Waals surface area contributed by atoms with Gasteiger partial charge in [0.05, 0.1) is 5.69 Å². The van der Waals surface area contributed by atoms with Crippen LogP contribution in [0.3, 0.4) is 0 Å². The normalized spacial score (nSPS) is 9.87. The number of rotatable bonds is 4. The molecule has 0 aliphatic carbocycles. The molecule has 1 aromatic rings. The monoisotopic (exact) mass is 222 g/mol. The van der Waals surface area contributed by atoms with Crippen LogP contribution < -0.4 is 11.5 Å². The molecule has 1 rings (SSSR count). The lowest BCUT2D eigenvalue weighted by Gasteiger charge is -2.06. The molecule has 15 heavy (non-hydrogen) atoms. The van der Waals surface area contributed by atoms with Crippen molar-refractivity contribution in [1.29, 1.82) is 5.26 Å². The number of nitriles is 1. The third kappa shape index (κ3) is 3.03. The van der Waals surface area contributed by atoms with Gasteiger partial charge in [0.1, 0.15) is 22.5 Å². The van der Waals surface area contributed by atoms with E-state index in [4.69, 9.17) is 16.7 Å². The second kappa shape index (κ2) is 5.47. The molecule has 0 spiro atoms. The Bertz CT molecular complexity index is 384. The molecule has 5 heteroatoms. The summed E-state index contributed by atoms with van der Waals surface area (Å²) in [5.74, 6) is 1.30. The fraction of sp³-hybridized carbons (Fsp3) is 0.400. The lowest BCUT2D eigenvalue weighted by Crippen LogP contribution is -2.00. The van der Waals surface area contributed by atoms with Gasteiger partial charge in [-0.2, -0.15) is 5.26 Å². The van der Waals surface area contributed by atoms with Crippen molar-refractivity contribution in [3.63, 3.8) is 0 Å². The molecule has 0 bridgehead atoms. The maximum atomic E-state index is 8.92. The molecule has 0 aliphatic rings. The van der Waals surface area contributed by atoms with Crippen molar-refractivity contribution in [2.75, 3.05) is 17.2 Å². The third-order valence-electron chi connectivity index (χ3n) is 1.89. The van der Waals surface area contributed by atoms with Crippen molar-refractivity contribution in [3.8, 4) is 6.07 Å². The van der Waals surface area contributed by atoms with E-state index < -0.39 is 0 Å². The van der Waals surface area contributed by atoms with Crippen LogP contribution in [-0.4, -0.2) is 10.7 Å². The summed E-state index contributed by atoms with van der Waals surface area (Å²) >= 11 is 1.53. The van der Waals surface area contributed by atoms with Crippen LogP contribution in [0.4, 0.5) is 11.5 Å². The lowest BCUT2D eigenvalue weighted by molar-refractivity contribution is 0.894. The van der Waals surface area contributed by atoms with Crippen molar-refractivity contribution in [2.45, 2.75) is 24.8 Å². The Kier molecular flexibility index (Phi) is 4.25. The minimum atomic E-state index is 0.366. The summed E-state index contributed by atoms with van der Waals surface area (Å²) in [5.41, 5.74) is 12.1. The molecule has 1 heterocycles. The highest BCUT2D eigenvalue weighted by molar-refractivity contribution is 7.99. The number of hydrogen-bond acceptors (Lipinski definition) is 5. The zero-order valence-electron chi connectivity index (χ0n) is 8.66. The predicted molar refractivity (Wildman–Crippen MR) is 63.4 cm³/mol. The van der Waals surface area contributed by atoms with E-state index in [1.807, 2.05) is 0 Å². The maximum absolute atomic E-state index is 8.92. The van der Waals surface area contributed by atoms with Crippen LogP contribution in [0.1, 0.15) is 25.3 Å². The Morgan fingerprint density at radius 1 is 1.53 bits per heavy atom. The van der Waals surface area contributed by atoms with Gasteiger partial charge in [-0.3, -0.25) is 0 Å². The molecule has 4 N–H and O–H groups in total. The Balaban J connectivity index is 2.90. The number of thioether (sulfide) groups is 1. The fourth-order valence-corrected chi connectivity index (χ4v) is 2.19. The van der Waals surface area contributed by atoms with E-state index in [0.29, 0.717) is 22.1 Å². The minimum Gasteiger partial charge on any atom is -0.397 e. The molecular formula is C10H14N4S. The first-order valence-electron chi connectivity index (χ1n) is 4.78. The second-order valence-electron chi connectivity index (χ2n) is 3.13. The summed E-state index contributed by atoms with van der Waals surface area (Å²) in [6.07, 6.45) is 2.21. The quantitative estimate of drug-likeness (QED) is 0.601. The fourth-order valence-electron chi connectivity index (χ4n) is 1.09. The molecule has 0 saturated heterocycles. The molecular weight excluding hydrogens is 208 g/mol. The van der Waals surface area contributed by atoms with E-state index >= 15 is 0 Å². The summed E-state index contributed by atoms with van der Waals surface area (Å²) < 4.78 is 0. The highest BCUT2D eigenvalue weighted by Crippen LogP contribution is 2.26. The number of nitrogens with zero attached hydrogens (tertiary/aromatic N) is 2. The molecule has 1 aromatic heterocycles. The zero-order valence-corrected chi connectivity index (χ0v) is 9.47. The molecule has 4 nitrogen and oxygen atoms in total. The van der Waals surface area contributed by atoms with Gasteiger partial charge in [-0.1, -0.05) is 13.3 Å². The van der Waals surface area contributed by atoms with Crippen LogP contribution in [0.5, 0.6) is 0 Å². The number of unbranched alkanes of at least 4 members (excludes halogenated alkanes) is 1. The molecule has 0 aromatic carbocycles. The third-order valence-corrected chi connectivity index (χ3v) is 2.95. The number of hydrogen-bond donors (Lipinski definition) is 2. The van der Waals surface area contributed by atoms with E-state index in [2.05, 4.69) is 18.0 Å². The summed E-state index contributed by atoms with van der Waals surface area (Å²) in [7, 11) is 0. The van der Waals surface area contributed by atoms with E-state index in [0.717, 1.165) is 18.6 Å². The minimum absolute atomic E-state index is 0.366. The van der Waals surface area contributed by atoms with Crippen LogP contribution in [-0.2, 0) is 0 Å². The molecule has 0 atom stereocenters. The maximum Gasteiger partial charge on any atom is 0.126 e. The Labute approximate surface area is 93.7 Å². The van der Waals surface area contributed by atoms with Gasteiger partial charge in [0.25, 0.3) is 0 Å². The van der Waals surface area contributed by atoms with Gasteiger partial charge in [0.2, 0.25) is 0 Å². The molecule has 80 valence electrons. The molecule has 0 fully saturated rings. The van der Waals surface area contributed by atoms with Crippen LogP contribution in [0.2, 0.25) is 0 Å². The summed E-state index contributed by atoms with van der Waals surface area (Å²) in [6, 6.07) is 3.57. The van der Waals surface area contributed by atoms with E-state index in [1.165, 1.54) is 17.8 Å². The van der Waals surface area contributed by atoms with Crippen molar-refractivity contribution in [3.05, 3.63) is 11.6 Å². The van der Waals surface area contributed by atoms with Gasteiger partial charge < -0.3 is 11.5 Å². The van der Waals surface area contributed by atoms with E-state index in [-0.39, 0.29) is 0 Å². The first-order chi connectivity index (χ1) is 7.19. The van der Waals surface area contributed by atoms with Gasteiger partial charge in [-0.15, -0.1) is 11.8 Å². The number of pyridine rings is 1. The van der Waals surface area contributed by atoms with E-state index in [9.17, 15) is 0 Å². The SMILES string of the molecule is CCCCSc1nc(N)cc(N)c1C#N. The summed E-state index contributed by atoms with van der Waals surface area (Å²) in [4.78, 5) is 4.11. The largest absolute Gasteiger partial charge is 0.397 e. The number of aromatic nitrogens is 1. The molecule has 0 aliphatic heterocycles. The van der Waals surface area contributed by atoms with Gasteiger partial charge in [0.15, 0.2) is 0 Å². The molecule has 0 radical (unpaired) electrons. The topological polar surface area (TPSA) is 88.7 Å². The van der Waals surface area contributed by atoms with Gasteiger partial charge in [-0.25, -0.2) is 4.98 Å². The van der Waals surface area contributed by atoms with Crippen molar-refractivity contribution in [2.24, 2.45) is 0 Å².